The van der Waals surface area contributed by atoms with E-state index >= 15 is 0 Å². The summed E-state index contributed by atoms with van der Waals surface area (Å²) in [5.41, 5.74) is 0.999. The number of rotatable bonds is 2. The van der Waals surface area contributed by atoms with Gasteiger partial charge >= 0.3 is 6.03 Å². The number of hydrogen-bond donors (Lipinski definition) is 1. The average molecular weight is 232 g/mol. The van der Waals surface area contributed by atoms with E-state index < -0.39 is 0 Å². The van der Waals surface area contributed by atoms with Crippen LogP contribution >= 0.6 is 0 Å². The van der Waals surface area contributed by atoms with Crippen LogP contribution in [0.4, 0.5) is 10.5 Å². The Kier molecular flexibility index (Phi) is 4.02. The molecule has 0 unspecified atom stereocenters. The summed E-state index contributed by atoms with van der Waals surface area (Å²) in [6, 6.07) is 10.3. The van der Waals surface area contributed by atoms with E-state index in [4.69, 9.17) is 0 Å². The number of carbonyl (C=O) groups excluding carboxylic acids is 1. The van der Waals surface area contributed by atoms with Gasteiger partial charge in [0, 0.05) is 18.8 Å². The van der Waals surface area contributed by atoms with Crippen molar-refractivity contribution in [2.24, 2.45) is 0 Å². The lowest BCUT2D eigenvalue weighted by atomic mass is 9.94. The molecule has 0 saturated heterocycles. The zero-order valence-corrected chi connectivity index (χ0v) is 10.4. The van der Waals surface area contributed by atoms with Gasteiger partial charge < -0.3 is 5.32 Å². The molecular weight excluding hydrogens is 212 g/mol. The van der Waals surface area contributed by atoms with Crippen molar-refractivity contribution in [3.8, 4) is 0 Å². The van der Waals surface area contributed by atoms with Gasteiger partial charge in [-0.3, -0.25) is 4.90 Å². The largest absolute Gasteiger partial charge is 0.341 e. The van der Waals surface area contributed by atoms with Gasteiger partial charge in [0.2, 0.25) is 0 Å². The molecule has 1 N–H and O–H groups in total. The van der Waals surface area contributed by atoms with Crippen LogP contribution in [0.5, 0.6) is 0 Å². The van der Waals surface area contributed by atoms with Crippen LogP contribution < -0.4 is 10.2 Å². The Morgan fingerprint density at radius 2 is 1.82 bits per heavy atom. The zero-order valence-electron chi connectivity index (χ0n) is 10.4. The van der Waals surface area contributed by atoms with Crippen LogP contribution in [-0.2, 0) is 0 Å². The second kappa shape index (κ2) is 5.71. The van der Waals surface area contributed by atoms with Gasteiger partial charge in [0.05, 0.1) is 0 Å². The molecule has 1 aromatic carbocycles. The standard InChI is InChI=1S/C14H20N2O/c1-15-14(17)16(12-8-4-2-5-9-12)13-10-6-3-7-11-13/h2,4-5,8-9,13H,3,6-7,10-11H2,1H3,(H,15,17). The first kappa shape index (κ1) is 12.0. The van der Waals surface area contributed by atoms with Gasteiger partial charge in [-0.15, -0.1) is 0 Å². The highest BCUT2D eigenvalue weighted by Crippen LogP contribution is 2.27. The van der Waals surface area contributed by atoms with Crippen molar-refractivity contribution in [3.05, 3.63) is 30.3 Å². The van der Waals surface area contributed by atoms with Crippen LogP contribution in [0.1, 0.15) is 32.1 Å². The van der Waals surface area contributed by atoms with Crippen LogP contribution in [0, 0.1) is 0 Å². The van der Waals surface area contributed by atoms with Crippen molar-refractivity contribution in [2.45, 2.75) is 38.1 Å². The van der Waals surface area contributed by atoms with Gasteiger partial charge in [-0.1, -0.05) is 37.5 Å². The normalized spacial score (nSPS) is 16.5. The maximum absolute atomic E-state index is 12.0. The van der Waals surface area contributed by atoms with E-state index in [0.717, 1.165) is 18.5 Å². The molecule has 1 aromatic rings. The van der Waals surface area contributed by atoms with Crippen LogP contribution in [0.3, 0.4) is 0 Å². The maximum Gasteiger partial charge on any atom is 0.321 e. The summed E-state index contributed by atoms with van der Waals surface area (Å²) in [6.45, 7) is 0. The fraction of sp³-hybridized carbons (Fsp3) is 0.500. The third kappa shape index (κ3) is 2.78. The van der Waals surface area contributed by atoms with Gasteiger partial charge in [0.1, 0.15) is 0 Å². The summed E-state index contributed by atoms with van der Waals surface area (Å²) >= 11 is 0. The number of hydrogen-bond acceptors (Lipinski definition) is 1. The lowest BCUT2D eigenvalue weighted by Gasteiger charge is -2.34. The predicted molar refractivity (Wildman–Crippen MR) is 70.2 cm³/mol. The second-order valence-corrected chi connectivity index (χ2v) is 4.55. The minimum Gasteiger partial charge on any atom is -0.341 e. The van der Waals surface area contributed by atoms with Crippen LogP contribution in [0.2, 0.25) is 0 Å². The first-order valence-corrected chi connectivity index (χ1v) is 6.39. The summed E-state index contributed by atoms with van der Waals surface area (Å²) in [6.07, 6.45) is 5.98. The molecule has 0 spiro atoms. The summed E-state index contributed by atoms with van der Waals surface area (Å²) in [5, 5.41) is 2.75. The lowest BCUT2D eigenvalue weighted by molar-refractivity contribution is 0.243. The Morgan fingerprint density at radius 3 is 2.41 bits per heavy atom. The third-order valence-corrected chi connectivity index (χ3v) is 3.41. The molecule has 2 rings (SSSR count). The van der Waals surface area contributed by atoms with E-state index in [-0.39, 0.29) is 6.03 Å². The molecule has 92 valence electrons. The highest BCUT2D eigenvalue weighted by atomic mass is 16.2. The Hall–Kier alpha value is -1.51. The first-order chi connectivity index (χ1) is 8.33. The number of para-hydroxylation sites is 1. The van der Waals surface area contributed by atoms with Crippen LogP contribution in [0.15, 0.2) is 30.3 Å². The number of anilines is 1. The summed E-state index contributed by atoms with van der Waals surface area (Å²) < 4.78 is 0. The molecule has 1 aliphatic rings. The first-order valence-electron chi connectivity index (χ1n) is 6.39. The van der Waals surface area contributed by atoms with Gasteiger partial charge in [0.25, 0.3) is 0 Å². The fourth-order valence-electron chi connectivity index (χ4n) is 2.54. The van der Waals surface area contributed by atoms with E-state index in [2.05, 4.69) is 5.32 Å². The Labute approximate surface area is 103 Å². The summed E-state index contributed by atoms with van der Waals surface area (Å²) in [5.74, 6) is 0. The minimum absolute atomic E-state index is 0.00287. The van der Waals surface area contributed by atoms with Crippen LogP contribution in [-0.4, -0.2) is 19.1 Å². The smallest absolute Gasteiger partial charge is 0.321 e. The lowest BCUT2D eigenvalue weighted by Crippen LogP contribution is -2.46. The fourth-order valence-corrected chi connectivity index (χ4v) is 2.54. The van der Waals surface area contributed by atoms with Gasteiger partial charge in [-0.2, -0.15) is 0 Å². The molecule has 3 nitrogen and oxygen atoms in total. The zero-order chi connectivity index (χ0) is 12.1. The molecule has 0 radical (unpaired) electrons. The van der Waals surface area contributed by atoms with Gasteiger partial charge in [0.15, 0.2) is 0 Å². The molecule has 1 aliphatic carbocycles. The SMILES string of the molecule is CNC(=O)N(c1ccccc1)C1CCCCC1. The molecular formula is C14H20N2O. The van der Waals surface area contributed by atoms with E-state index in [9.17, 15) is 4.79 Å². The number of amides is 2. The molecule has 17 heavy (non-hydrogen) atoms. The van der Waals surface area contributed by atoms with Crippen molar-refractivity contribution < 1.29 is 4.79 Å². The van der Waals surface area contributed by atoms with E-state index in [0.29, 0.717) is 6.04 Å². The topological polar surface area (TPSA) is 32.3 Å². The molecule has 0 atom stereocenters. The van der Waals surface area contributed by atoms with E-state index in [1.54, 1.807) is 7.05 Å². The van der Waals surface area contributed by atoms with Crippen molar-refractivity contribution in [1.29, 1.82) is 0 Å². The maximum atomic E-state index is 12.0. The Morgan fingerprint density at radius 1 is 1.18 bits per heavy atom. The van der Waals surface area contributed by atoms with Crippen molar-refractivity contribution >= 4 is 11.7 Å². The van der Waals surface area contributed by atoms with Gasteiger partial charge in [-0.05, 0) is 25.0 Å². The van der Waals surface area contributed by atoms with Crippen LogP contribution in [0.25, 0.3) is 0 Å². The van der Waals surface area contributed by atoms with Crippen molar-refractivity contribution in [3.63, 3.8) is 0 Å². The summed E-state index contributed by atoms with van der Waals surface area (Å²) in [7, 11) is 1.70. The monoisotopic (exact) mass is 232 g/mol. The number of nitrogens with zero attached hydrogens (tertiary/aromatic N) is 1. The number of nitrogens with one attached hydrogen (secondary N) is 1. The van der Waals surface area contributed by atoms with E-state index in [1.807, 2.05) is 35.2 Å². The molecule has 1 fully saturated rings. The number of benzene rings is 1. The second-order valence-electron chi connectivity index (χ2n) is 4.55. The van der Waals surface area contributed by atoms with Crippen molar-refractivity contribution in [2.75, 3.05) is 11.9 Å². The Balaban J connectivity index is 2.21. The Bertz CT molecular complexity index is 358. The number of urea groups is 1. The molecule has 0 aromatic heterocycles. The highest BCUT2D eigenvalue weighted by Gasteiger charge is 2.25. The average Bonchev–Trinajstić information content (AvgIpc) is 2.41. The predicted octanol–water partition coefficient (Wildman–Crippen LogP) is 3.17. The summed E-state index contributed by atoms with van der Waals surface area (Å²) in [4.78, 5) is 13.9. The molecule has 0 heterocycles. The molecule has 0 aliphatic heterocycles. The number of carbonyl (C=O) groups is 1. The highest BCUT2D eigenvalue weighted by molar-refractivity contribution is 5.92. The third-order valence-electron chi connectivity index (χ3n) is 3.41. The van der Waals surface area contributed by atoms with E-state index in [1.165, 1.54) is 19.3 Å². The quantitative estimate of drug-likeness (QED) is 0.834. The minimum atomic E-state index is 0.00287. The molecule has 1 saturated carbocycles. The van der Waals surface area contributed by atoms with Crippen molar-refractivity contribution in [1.82, 2.24) is 5.32 Å². The molecule has 3 heteroatoms. The molecule has 2 amide bonds. The molecule has 0 bridgehead atoms. The van der Waals surface area contributed by atoms with Gasteiger partial charge in [-0.25, -0.2) is 4.79 Å².